The largest absolute Gasteiger partial charge is 0.355 e. The molecule has 0 amide bonds. The van der Waals surface area contributed by atoms with Crippen LogP contribution < -0.4 is 4.90 Å². The summed E-state index contributed by atoms with van der Waals surface area (Å²) in [6, 6.07) is 5.71. The zero-order valence-electron chi connectivity index (χ0n) is 15.0. The van der Waals surface area contributed by atoms with Gasteiger partial charge in [-0.15, -0.1) is 15.3 Å². The lowest BCUT2D eigenvalue weighted by molar-refractivity contribution is 0.474. The molecule has 0 saturated carbocycles. The lowest BCUT2D eigenvalue weighted by Crippen LogP contribution is -2.34. The van der Waals surface area contributed by atoms with Gasteiger partial charge in [0, 0.05) is 43.8 Å². The number of anilines is 1. The molecule has 1 aliphatic rings. The van der Waals surface area contributed by atoms with Crippen LogP contribution in [0.4, 0.5) is 5.82 Å². The number of hydrogen-bond acceptors (Lipinski definition) is 7. The first-order chi connectivity index (χ1) is 13.3. The van der Waals surface area contributed by atoms with Crippen LogP contribution in [0, 0.1) is 6.92 Å². The number of nitrogens with zero attached hydrogens (tertiary/aromatic N) is 9. The van der Waals surface area contributed by atoms with Gasteiger partial charge in [0.1, 0.15) is 5.82 Å². The van der Waals surface area contributed by atoms with Crippen molar-refractivity contribution in [2.45, 2.75) is 25.7 Å². The molecule has 9 heteroatoms. The highest BCUT2D eigenvalue weighted by Crippen LogP contribution is 2.29. The molecule has 0 radical (unpaired) electrons. The highest BCUT2D eigenvalue weighted by Gasteiger charge is 2.26. The first-order valence-corrected chi connectivity index (χ1v) is 9.04. The number of rotatable bonds is 3. The molecular weight excluding hydrogens is 342 g/mol. The van der Waals surface area contributed by atoms with Crippen LogP contribution in [0.5, 0.6) is 0 Å². The predicted octanol–water partition coefficient (Wildman–Crippen LogP) is 1.79. The number of aryl methyl sites for hydroxylation is 1. The molecule has 0 unspecified atom stereocenters. The maximum Gasteiger partial charge on any atom is 0.178 e. The van der Waals surface area contributed by atoms with Gasteiger partial charge in [0.25, 0.3) is 0 Å². The molecule has 0 aromatic carbocycles. The van der Waals surface area contributed by atoms with Gasteiger partial charge in [0.05, 0.1) is 5.69 Å². The molecule has 0 spiro atoms. The van der Waals surface area contributed by atoms with E-state index in [2.05, 4.69) is 30.2 Å². The minimum absolute atomic E-state index is 0.314. The highest BCUT2D eigenvalue weighted by molar-refractivity contribution is 5.43. The van der Waals surface area contributed by atoms with Crippen LogP contribution in [0.15, 0.2) is 43.0 Å². The predicted molar refractivity (Wildman–Crippen MR) is 98.9 cm³/mol. The molecule has 1 aliphatic heterocycles. The number of piperidine rings is 1. The fraction of sp³-hybridized carbons (Fsp3) is 0.333. The number of aromatic nitrogens is 8. The Morgan fingerprint density at radius 3 is 2.63 bits per heavy atom. The average molecular weight is 361 g/mol. The zero-order valence-corrected chi connectivity index (χ0v) is 15.0. The van der Waals surface area contributed by atoms with Crippen LogP contribution in [-0.4, -0.2) is 52.6 Å². The molecule has 0 N–H and O–H groups in total. The Bertz CT molecular complexity index is 1060. The van der Waals surface area contributed by atoms with Gasteiger partial charge < -0.3 is 4.90 Å². The van der Waals surface area contributed by atoms with Gasteiger partial charge in [0.15, 0.2) is 17.3 Å². The van der Waals surface area contributed by atoms with Crippen LogP contribution in [0.3, 0.4) is 0 Å². The normalized spacial score (nSPS) is 15.5. The van der Waals surface area contributed by atoms with Crippen molar-refractivity contribution in [3.8, 4) is 5.82 Å². The second-order valence-corrected chi connectivity index (χ2v) is 6.70. The van der Waals surface area contributed by atoms with E-state index in [9.17, 15) is 0 Å². The Labute approximate surface area is 155 Å². The SMILES string of the molecule is Cc1nccnc1N1CCC(c2nnc3ccc(-n4cccn4)nn23)CC1. The van der Waals surface area contributed by atoms with Gasteiger partial charge >= 0.3 is 0 Å². The Hall–Kier alpha value is -3.36. The Balaban J connectivity index is 1.40. The maximum atomic E-state index is 4.70. The van der Waals surface area contributed by atoms with E-state index in [0.29, 0.717) is 5.92 Å². The van der Waals surface area contributed by atoms with Crippen molar-refractivity contribution in [3.63, 3.8) is 0 Å². The Morgan fingerprint density at radius 2 is 1.85 bits per heavy atom. The second kappa shape index (κ2) is 6.42. The summed E-state index contributed by atoms with van der Waals surface area (Å²) in [5.74, 6) is 2.95. The first kappa shape index (κ1) is 15.9. The molecule has 27 heavy (non-hydrogen) atoms. The standard InChI is InChI=1S/C18H19N9/c1-13-17(20-9-8-19-13)25-11-5-14(6-12-25)18-23-22-15-3-4-16(24-27(15)18)26-10-2-7-21-26/h2-4,7-10,14H,5-6,11-12H2,1H3. The van der Waals surface area contributed by atoms with Crippen molar-refractivity contribution in [2.24, 2.45) is 0 Å². The topological polar surface area (TPSA) is 89.9 Å². The fourth-order valence-electron chi connectivity index (χ4n) is 3.64. The van der Waals surface area contributed by atoms with Gasteiger partial charge in [0.2, 0.25) is 0 Å². The molecule has 1 fully saturated rings. The van der Waals surface area contributed by atoms with Gasteiger partial charge in [-0.25, -0.2) is 9.67 Å². The van der Waals surface area contributed by atoms with E-state index in [1.54, 1.807) is 23.3 Å². The van der Waals surface area contributed by atoms with E-state index in [4.69, 9.17) is 5.10 Å². The monoisotopic (exact) mass is 361 g/mol. The summed E-state index contributed by atoms with van der Waals surface area (Å²) in [5.41, 5.74) is 1.72. The molecule has 9 nitrogen and oxygen atoms in total. The quantitative estimate of drug-likeness (QED) is 0.549. The number of fused-ring (bicyclic) bond motifs is 1. The van der Waals surface area contributed by atoms with Crippen LogP contribution in [0.2, 0.25) is 0 Å². The highest BCUT2D eigenvalue weighted by atomic mass is 15.4. The van der Waals surface area contributed by atoms with Gasteiger partial charge in [-0.2, -0.15) is 9.61 Å². The lowest BCUT2D eigenvalue weighted by Gasteiger charge is -2.32. The van der Waals surface area contributed by atoms with E-state index >= 15 is 0 Å². The molecule has 0 atom stereocenters. The summed E-state index contributed by atoms with van der Waals surface area (Å²) in [4.78, 5) is 11.1. The molecule has 5 rings (SSSR count). The van der Waals surface area contributed by atoms with E-state index in [1.165, 1.54) is 0 Å². The van der Waals surface area contributed by atoms with Crippen molar-refractivity contribution in [3.05, 3.63) is 54.5 Å². The zero-order chi connectivity index (χ0) is 18.2. The average Bonchev–Trinajstić information content (AvgIpc) is 3.38. The lowest BCUT2D eigenvalue weighted by atomic mass is 9.96. The van der Waals surface area contributed by atoms with Crippen LogP contribution in [0.1, 0.15) is 30.3 Å². The van der Waals surface area contributed by atoms with E-state index in [1.807, 2.05) is 35.8 Å². The first-order valence-electron chi connectivity index (χ1n) is 9.04. The van der Waals surface area contributed by atoms with E-state index < -0.39 is 0 Å². The molecule has 0 aliphatic carbocycles. The van der Waals surface area contributed by atoms with E-state index in [-0.39, 0.29) is 0 Å². The minimum atomic E-state index is 0.314. The third-order valence-corrected chi connectivity index (χ3v) is 5.03. The third-order valence-electron chi connectivity index (χ3n) is 5.03. The summed E-state index contributed by atoms with van der Waals surface area (Å²) in [6.07, 6.45) is 9.05. The summed E-state index contributed by atoms with van der Waals surface area (Å²) in [6.45, 7) is 3.83. The van der Waals surface area contributed by atoms with Crippen molar-refractivity contribution in [1.29, 1.82) is 0 Å². The van der Waals surface area contributed by atoms with Crippen LogP contribution in [-0.2, 0) is 0 Å². The summed E-state index contributed by atoms with van der Waals surface area (Å²) in [7, 11) is 0. The molecule has 0 bridgehead atoms. The molecule has 136 valence electrons. The minimum Gasteiger partial charge on any atom is -0.355 e. The summed E-state index contributed by atoms with van der Waals surface area (Å²) < 4.78 is 3.59. The molecule has 4 aromatic heterocycles. The molecule has 4 aromatic rings. The smallest absolute Gasteiger partial charge is 0.178 e. The fourth-order valence-corrected chi connectivity index (χ4v) is 3.64. The summed E-state index contributed by atoms with van der Waals surface area (Å²) >= 11 is 0. The van der Waals surface area contributed by atoms with Gasteiger partial charge in [-0.1, -0.05) is 0 Å². The molecule has 1 saturated heterocycles. The number of hydrogen-bond donors (Lipinski definition) is 0. The van der Waals surface area contributed by atoms with Crippen molar-refractivity contribution in [1.82, 2.24) is 39.6 Å². The van der Waals surface area contributed by atoms with Crippen molar-refractivity contribution >= 4 is 11.5 Å². The molecule has 5 heterocycles. The Morgan fingerprint density at radius 1 is 1.00 bits per heavy atom. The second-order valence-electron chi connectivity index (χ2n) is 6.70. The molecular formula is C18H19N9. The van der Waals surface area contributed by atoms with Crippen LogP contribution >= 0.6 is 0 Å². The van der Waals surface area contributed by atoms with Gasteiger partial charge in [-0.3, -0.25) is 4.98 Å². The summed E-state index contributed by atoms with van der Waals surface area (Å²) in [5, 5.41) is 17.7. The van der Waals surface area contributed by atoms with Crippen LogP contribution in [0.25, 0.3) is 11.5 Å². The van der Waals surface area contributed by atoms with Crippen molar-refractivity contribution < 1.29 is 0 Å². The third kappa shape index (κ3) is 2.80. The van der Waals surface area contributed by atoms with Gasteiger partial charge in [-0.05, 0) is 38.0 Å². The van der Waals surface area contributed by atoms with Crippen molar-refractivity contribution in [2.75, 3.05) is 18.0 Å². The van der Waals surface area contributed by atoms with E-state index in [0.717, 1.165) is 54.7 Å². The maximum absolute atomic E-state index is 4.70. The Kier molecular flexibility index (Phi) is 3.77.